The largest absolute Gasteiger partial charge is 0.493 e. The van der Waals surface area contributed by atoms with Crippen LogP contribution in [0.15, 0.2) is 18.2 Å². The van der Waals surface area contributed by atoms with Crippen LogP contribution in [0.25, 0.3) is 0 Å². The average Bonchev–Trinajstić information content (AvgIpc) is 2.28. The predicted octanol–water partition coefficient (Wildman–Crippen LogP) is 2.06. The van der Waals surface area contributed by atoms with Gasteiger partial charge in [-0.1, -0.05) is 6.07 Å². The number of nitrogens with two attached hydrogens (primary N) is 1. The van der Waals surface area contributed by atoms with Crippen molar-refractivity contribution in [2.24, 2.45) is 5.73 Å². The quantitative estimate of drug-likeness (QED) is 0.814. The summed E-state index contributed by atoms with van der Waals surface area (Å²) in [6.45, 7) is 2.35. The minimum Gasteiger partial charge on any atom is -0.493 e. The van der Waals surface area contributed by atoms with Crippen LogP contribution in [0.1, 0.15) is 18.7 Å². The van der Waals surface area contributed by atoms with E-state index in [1.165, 1.54) is 0 Å². The topological polar surface area (TPSA) is 44.5 Å². The Morgan fingerprint density at radius 3 is 2.67 bits per heavy atom. The molecule has 84 valence electrons. The average molecular weight is 213 g/mol. The van der Waals surface area contributed by atoms with E-state index in [0.29, 0.717) is 23.7 Å². The molecule has 1 rings (SSSR count). The maximum atomic E-state index is 13.3. The first-order valence-electron chi connectivity index (χ1n) is 4.87. The van der Waals surface area contributed by atoms with Crippen molar-refractivity contribution in [2.45, 2.75) is 13.1 Å². The number of halogens is 1. The molecule has 0 saturated heterocycles. The number of hydrogen-bond donors (Lipinski definition) is 1. The summed E-state index contributed by atoms with van der Waals surface area (Å²) in [4.78, 5) is 0. The van der Waals surface area contributed by atoms with E-state index in [-0.39, 0.29) is 6.54 Å². The molecule has 0 bridgehead atoms. The summed E-state index contributed by atoms with van der Waals surface area (Å²) >= 11 is 0. The Labute approximate surface area is 89.0 Å². The standard InChI is InChI=1S/C11H16FNO2/c1-3-15-11-6-8(9(12)7-13)4-5-10(11)14-2/h4-6,9H,3,7,13H2,1-2H3. The molecule has 0 saturated carbocycles. The molecule has 4 heteroatoms. The summed E-state index contributed by atoms with van der Waals surface area (Å²) in [6, 6.07) is 4.96. The molecule has 1 unspecified atom stereocenters. The molecule has 3 nitrogen and oxygen atoms in total. The zero-order valence-electron chi connectivity index (χ0n) is 9.00. The zero-order valence-corrected chi connectivity index (χ0v) is 9.00. The fourth-order valence-electron chi connectivity index (χ4n) is 1.29. The normalized spacial score (nSPS) is 12.3. The number of ether oxygens (including phenoxy) is 2. The SMILES string of the molecule is CCOc1cc(C(F)CN)ccc1OC. The van der Waals surface area contributed by atoms with Gasteiger partial charge in [-0.25, -0.2) is 4.39 Å². The van der Waals surface area contributed by atoms with Crippen molar-refractivity contribution >= 4 is 0 Å². The molecule has 0 spiro atoms. The molecular formula is C11H16FNO2. The first kappa shape index (κ1) is 11.8. The molecule has 0 radical (unpaired) electrons. The van der Waals surface area contributed by atoms with Gasteiger partial charge in [-0.15, -0.1) is 0 Å². The van der Waals surface area contributed by atoms with Gasteiger partial charge in [0.15, 0.2) is 11.5 Å². The van der Waals surface area contributed by atoms with Gasteiger partial charge in [0, 0.05) is 6.54 Å². The second kappa shape index (κ2) is 5.56. The van der Waals surface area contributed by atoms with Gasteiger partial charge in [0.05, 0.1) is 13.7 Å². The number of alkyl halides is 1. The predicted molar refractivity (Wildman–Crippen MR) is 57.1 cm³/mol. The van der Waals surface area contributed by atoms with E-state index in [9.17, 15) is 4.39 Å². The van der Waals surface area contributed by atoms with Gasteiger partial charge in [0.1, 0.15) is 6.17 Å². The van der Waals surface area contributed by atoms with Gasteiger partial charge in [0.2, 0.25) is 0 Å². The minimum atomic E-state index is -1.16. The Kier molecular flexibility index (Phi) is 4.37. The van der Waals surface area contributed by atoms with Crippen LogP contribution >= 0.6 is 0 Å². The number of hydrogen-bond acceptors (Lipinski definition) is 3. The molecular weight excluding hydrogens is 197 g/mol. The molecule has 2 N–H and O–H groups in total. The minimum absolute atomic E-state index is 0.0299. The molecule has 1 aromatic rings. The second-order valence-electron chi connectivity index (χ2n) is 3.05. The number of methoxy groups -OCH3 is 1. The van der Waals surface area contributed by atoms with Crippen molar-refractivity contribution < 1.29 is 13.9 Å². The highest BCUT2D eigenvalue weighted by atomic mass is 19.1. The van der Waals surface area contributed by atoms with Crippen LogP contribution < -0.4 is 15.2 Å². The number of rotatable bonds is 5. The molecule has 0 fully saturated rings. The third kappa shape index (κ3) is 2.83. The Hall–Kier alpha value is -1.29. The van der Waals surface area contributed by atoms with Crippen molar-refractivity contribution in [1.29, 1.82) is 0 Å². The molecule has 0 aliphatic rings. The van der Waals surface area contributed by atoms with E-state index in [0.717, 1.165) is 0 Å². The van der Waals surface area contributed by atoms with Crippen LogP contribution in [0.2, 0.25) is 0 Å². The lowest BCUT2D eigenvalue weighted by atomic mass is 10.1. The molecule has 0 aliphatic carbocycles. The summed E-state index contributed by atoms with van der Waals surface area (Å²) in [5.41, 5.74) is 5.77. The van der Waals surface area contributed by atoms with Gasteiger partial charge in [-0.2, -0.15) is 0 Å². The molecule has 1 atom stereocenters. The van der Waals surface area contributed by atoms with Crippen molar-refractivity contribution in [3.63, 3.8) is 0 Å². The van der Waals surface area contributed by atoms with Crippen molar-refractivity contribution in [2.75, 3.05) is 20.3 Å². The molecule has 1 aromatic carbocycles. The third-order valence-corrected chi connectivity index (χ3v) is 2.06. The van der Waals surface area contributed by atoms with Crippen molar-refractivity contribution in [3.8, 4) is 11.5 Å². The molecule has 15 heavy (non-hydrogen) atoms. The third-order valence-electron chi connectivity index (χ3n) is 2.06. The van der Waals surface area contributed by atoms with Gasteiger partial charge in [-0.05, 0) is 24.6 Å². The zero-order chi connectivity index (χ0) is 11.3. The highest BCUT2D eigenvalue weighted by molar-refractivity contribution is 5.43. The molecule has 0 amide bonds. The smallest absolute Gasteiger partial charge is 0.161 e. The summed E-state index contributed by atoms with van der Waals surface area (Å²) in [6.07, 6.45) is -1.16. The van der Waals surface area contributed by atoms with Gasteiger partial charge < -0.3 is 15.2 Å². The Morgan fingerprint density at radius 2 is 2.13 bits per heavy atom. The van der Waals surface area contributed by atoms with Crippen molar-refractivity contribution in [1.82, 2.24) is 0 Å². The lowest BCUT2D eigenvalue weighted by molar-refractivity contribution is 0.306. The van der Waals surface area contributed by atoms with Crippen LogP contribution in [0.4, 0.5) is 4.39 Å². The highest BCUT2D eigenvalue weighted by Crippen LogP contribution is 2.31. The highest BCUT2D eigenvalue weighted by Gasteiger charge is 2.11. The fourth-order valence-corrected chi connectivity index (χ4v) is 1.29. The lowest BCUT2D eigenvalue weighted by Gasteiger charge is -2.12. The van der Waals surface area contributed by atoms with E-state index in [4.69, 9.17) is 15.2 Å². The van der Waals surface area contributed by atoms with E-state index in [1.807, 2.05) is 6.92 Å². The molecule has 0 heterocycles. The van der Waals surface area contributed by atoms with Gasteiger partial charge in [-0.3, -0.25) is 0 Å². The van der Waals surface area contributed by atoms with Crippen LogP contribution in [0, 0.1) is 0 Å². The first-order chi connectivity index (χ1) is 7.22. The van der Waals surface area contributed by atoms with Gasteiger partial charge >= 0.3 is 0 Å². The number of benzene rings is 1. The maximum Gasteiger partial charge on any atom is 0.161 e. The van der Waals surface area contributed by atoms with E-state index in [2.05, 4.69) is 0 Å². The van der Waals surface area contributed by atoms with E-state index < -0.39 is 6.17 Å². The van der Waals surface area contributed by atoms with Crippen LogP contribution in [0.5, 0.6) is 11.5 Å². The van der Waals surface area contributed by atoms with Crippen LogP contribution in [0.3, 0.4) is 0 Å². The Bertz CT molecular complexity index is 317. The van der Waals surface area contributed by atoms with Gasteiger partial charge in [0.25, 0.3) is 0 Å². The maximum absolute atomic E-state index is 13.3. The second-order valence-corrected chi connectivity index (χ2v) is 3.05. The van der Waals surface area contributed by atoms with Crippen LogP contribution in [-0.4, -0.2) is 20.3 Å². The Balaban J connectivity index is 2.98. The lowest BCUT2D eigenvalue weighted by Crippen LogP contribution is -2.08. The first-order valence-corrected chi connectivity index (χ1v) is 4.87. The van der Waals surface area contributed by atoms with Crippen LogP contribution in [-0.2, 0) is 0 Å². The summed E-state index contributed by atoms with van der Waals surface area (Å²) < 4.78 is 23.7. The summed E-state index contributed by atoms with van der Waals surface area (Å²) in [5, 5.41) is 0. The molecule has 0 aromatic heterocycles. The summed E-state index contributed by atoms with van der Waals surface area (Å²) in [7, 11) is 1.55. The van der Waals surface area contributed by atoms with E-state index >= 15 is 0 Å². The monoisotopic (exact) mass is 213 g/mol. The Morgan fingerprint density at radius 1 is 1.40 bits per heavy atom. The summed E-state index contributed by atoms with van der Waals surface area (Å²) in [5.74, 6) is 1.15. The van der Waals surface area contributed by atoms with Crippen molar-refractivity contribution in [3.05, 3.63) is 23.8 Å². The fraction of sp³-hybridized carbons (Fsp3) is 0.455. The van der Waals surface area contributed by atoms with E-state index in [1.54, 1.807) is 25.3 Å². The molecule has 0 aliphatic heterocycles.